The van der Waals surface area contributed by atoms with Gasteiger partial charge in [0.1, 0.15) is 0 Å². The summed E-state index contributed by atoms with van der Waals surface area (Å²) in [5.41, 5.74) is 4.78. The first kappa shape index (κ1) is 15.7. The molecule has 1 heterocycles. The van der Waals surface area contributed by atoms with Crippen LogP contribution in [0.25, 0.3) is 0 Å². The lowest BCUT2D eigenvalue weighted by Gasteiger charge is -2.34. The van der Waals surface area contributed by atoms with Gasteiger partial charge in [0.25, 0.3) is 0 Å². The number of carbonyl (C=O) groups excluding carboxylic acids is 2. The quantitative estimate of drug-likeness (QED) is 0.745. The number of imide groups is 1. The maximum atomic E-state index is 12.2. The smallest absolute Gasteiger partial charge is 0.351 e. The first-order valence-corrected chi connectivity index (χ1v) is 5.87. The molecule has 0 unspecified atom stereocenters. The van der Waals surface area contributed by atoms with Gasteiger partial charge in [-0.3, -0.25) is 15.0 Å². The number of hydrogen-bond acceptors (Lipinski definition) is 4. The lowest BCUT2D eigenvalue weighted by atomic mass is 10.3. The predicted molar refractivity (Wildman–Crippen MR) is 61.3 cm³/mol. The molecule has 3 amide bonds. The molecular weight excluding hydrogens is 265 g/mol. The molecule has 1 rings (SSSR count). The topological polar surface area (TPSA) is 78.7 Å². The van der Waals surface area contributed by atoms with Gasteiger partial charge in [0.2, 0.25) is 5.91 Å². The third kappa shape index (κ3) is 6.97. The number of nitrogens with two attached hydrogens (primary N) is 1. The second-order valence-corrected chi connectivity index (χ2v) is 4.40. The van der Waals surface area contributed by atoms with Crippen molar-refractivity contribution in [3.8, 4) is 0 Å². The molecule has 0 radical (unpaired) electrons. The van der Waals surface area contributed by atoms with Crippen LogP contribution in [-0.2, 0) is 4.79 Å². The molecule has 110 valence electrons. The number of rotatable bonds is 4. The molecule has 6 nitrogen and oxygen atoms in total. The second-order valence-electron chi connectivity index (χ2n) is 4.40. The van der Waals surface area contributed by atoms with E-state index in [9.17, 15) is 22.8 Å². The highest BCUT2D eigenvalue weighted by molar-refractivity contribution is 5.93. The average Bonchev–Trinajstić information content (AvgIpc) is 2.25. The van der Waals surface area contributed by atoms with Crippen molar-refractivity contribution < 1.29 is 22.8 Å². The average molecular weight is 282 g/mol. The molecule has 0 saturated carbocycles. The van der Waals surface area contributed by atoms with E-state index in [2.05, 4.69) is 0 Å². The Morgan fingerprint density at radius 2 is 1.63 bits per heavy atom. The Balaban J connectivity index is 2.20. The van der Waals surface area contributed by atoms with Crippen LogP contribution in [0.3, 0.4) is 0 Å². The number of urea groups is 1. The van der Waals surface area contributed by atoms with E-state index < -0.39 is 24.7 Å². The van der Waals surface area contributed by atoms with Gasteiger partial charge in [-0.25, -0.2) is 4.79 Å². The summed E-state index contributed by atoms with van der Waals surface area (Å²) in [5.74, 6) is -0.481. The van der Waals surface area contributed by atoms with Gasteiger partial charge in [-0.2, -0.15) is 13.2 Å². The summed E-state index contributed by atoms with van der Waals surface area (Å²) in [6, 6.07) is -0.903. The third-order valence-corrected chi connectivity index (χ3v) is 2.79. The molecule has 1 saturated heterocycles. The third-order valence-electron chi connectivity index (χ3n) is 2.79. The van der Waals surface area contributed by atoms with E-state index in [0.29, 0.717) is 32.7 Å². The molecule has 0 aromatic rings. The fourth-order valence-corrected chi connectivity index (χ4v) is 1.88. The van der Waals surface area contributed by atoms with Gasteiger partial charge in [-0.15, -0.1) is 0 Å². The van der Waals surface area contributed by atoms with E-state index in [1.807, 2.05) is 10.2 Å². The number of halogens is 3. The van der Waals surface area contributed by atoms with Gasteiger partial charge in [0.15, 0.2) is 0 Å². The summed E-state index contributed by atoms with van der Waals surface area (Å²) in [4.78, 5) is 24.8. The monoisotopic (exact) mass is 282 g/mol. The van der Waals surface area contributed by atoms with Crippen molar-refractivity contribution in [3.05, 3.63) is 0 Å². The Morgan fingerprint density at radius 1 is 1.11 bits per heavy atom. The fraction of sp³-hybridized carbons (Fsp3) is 0.800. The van der Waals surface area contributed by atoms with Crippen molar-refractivity contribution in [2.45, 2.75) is 12.6 Å². The SMILES string of the molecule is NC(=O)NC(=O)CCN1CCN(CC(F)(F)F)CC1. The summed E-state index contributed by atoms with van der Waals surface area (Å²) in [7, 11) is 0. The van der Waals surface area contributed by atoms with Crippen molar-refractivity contribution >= 4 is 11.9 Å². The van der Waals surface area contributed by atoms with Gasteiger partial charge >= 0.3 is 12.2 Å². The summed E-state index contributed by atoms with van der Waals surface area (Å²) < 4.78 is 36.5. The summed E-state index contributed by atoms with van der Waals surface area (Å²) in [5, 5.41) is 1.94. The number of hydrogen-bond donors (Lipinski definition) is 2. The van der Waals surface area contributed by atoms with Crippen LogP contribution in [0.5, 0.6) is 0 Å². The first-order chi connectivity index (χ1) is 8.76. The molecule has 3 N–H and O–H groups in total. The zero-order valence-corrected chi connectivity index (χ0v) is 10.4. The largest absolute Gasteiger partial charge is 0.401 e. The van der Waals surface area contributed by atoms with Crippen LogP contribution in [0.4, 0.5) is 18.0 Å². The molecule has 1 aliphatic rings. The maximum absolute atomic E-state index is 12.2. The van der Waals surface area contributed by atoms with Crippen LogP contribution >= 0.6 is 0 Å². The molecule has 19 heavy (non-hydrogen) atoms. The van der Waals surface area contributed by atoms with Crippen molar-refractivity contribution in [1.82, 2.24) is 15.1 Å². The minimum Gasteiger partial charge on any atom is -0.351 e. The highest BCUT2D eigenvalue weighted by atomic mass is 19.4. The molecule has 1 fully saturated rings. The Hall–Kier alpha value is -1.35. The number of amides is 3. The van der Waals surface area contributed by atoms with E-state index in [0.717, 1.165) is 0 Å². The van der Waals surface area contributed by atoms with Crippen LogP contribution in [0.2, 0.25) is 0 Å². The lowest BCUT2D eigenvalue weighted by molar-refractivity contribution is -0.149. The molecular formula is C10H17F3N4O2. The zero-order valence-electron chi connectivity index (χ0n) is 10.4. The van der Waals surface area contributed by atoms with Gasteiger partial charge in [0.05, 0.1) is 6.54 Å². The van der Waals surface area contributed by atoms with Crippen LogP contribution in [0.15, 0.2) is 0 Å². The number of carbonyl (C=O) groups is 2. The Labute approximate surface area is 108 Å². The van der Waals surface area contributed by atoms with E-state index in [4.69, 9.17) is 5.73 Å². The molecule has 0 spiro atoms. The zero-order chi connectivity index (χ0) is 14.5. The van der Waals surface area contributed by atoms with Crippen LogP contribution in [0.1, 0.15) is 6.42 Å². The molecule has 0 bridgehead atoms. The van der Waals surface area contributed by atoms with E-state index in [1.165, 1.54) is 4.90 Å². The van der Waals surface area contributed by atoms with E-state index in [-0.39, 0.29) is 6.42 Å². The van der Waals surface area contributed by atoms with E-state index in [1.54, 1.807) is 0 Å². The number of nitrogens with one attached hydrogen (secondary N) is 1. The Morgan fingerprint density at radius 3 is 2.11 bits per heavy atom. The fourth-order valence-electron chi connectivity index (χ4n) is 1.88. The number of nitrogens with zero attached hydrogens (tertiary/aromatic N) is 2. The highest BCUT2D eigenvalue weighted by Crippen LogP contribution is 2.17. The first-order valence-electron chi connectivity index (χ1n) is 5.87. The van der Waals surface area contributed by atoms with Crippen molar-refractivity contribution in [2.24, 2.45) is 5.73 Å². The molecule has 1 aliphatic heterocycles. The van der Waals surface area contributed by atoms with Gasteiger partial charge in [-0.05, 0) is 0 Å². The molecule has 0 aromatic heterocycles. The Kier molecular flexibility index (Phi) is 5.55. The number of primary amides is 1. The molecule has 0 aromatic carbocycles. The Bertz CT molecular complexity index is 327. The minimum atomic E-state index is -4.18. The predicted octanol–water partition coefficient (Wildman–Crippen LogP) is -0.249. The van der Waals surface area contributed by atoms with E-state index >= 15 is 0 Å². The van der Waals surface area contributed by atoms with Crippen LogP contribution < -0.4 is 11.1 Å². The summed E-state index contributed by atoms with van der Waals surface area (Å²) >= 11 is 0. The van der Waals surface area contributed by atoms with Crippen LogP contribution in [0, 0.1) is 0 Å². The molecule has 0 atom stereocenters. The normalized spacial score (nSPS) is 18.3. The van der Waals surface area contributed by atoms with Crippen molar-refractivity contribution in [2.75, 3.05) is 39.3 Å². The lowest BCUT2D eigenvalue weighted by Crippen LogP contribution is -2.49. The molecule has 9 heteroatoms. The summed E-state index contributed by atoms with van der Waals surface area (Å²) in [6.07, 6.45) is -4.08. The number of piperazine rings is 1. The second kappa shape index (κ2) is 6.71. The summed E-state index contributed by atoms with van der Waals surface area (Å²) in [6.45, 7) is 1.08. The molecule has 0 aliphatic carbocycles. The van der Waals surface area contributed by atoms with Crippen LogP contribution in [-0.4, -0.2) is 67.2 Å². The minimum absolute atomic E-state index is 0.0994. The van der Waals surface area contributed by atoms with Gasteiger partial charge in [-0.1, -0.05) is 0 Å². The van der Waals surface area contributed by atoms with Gasteiger partial charge < -0.3 is 10.6 Å². The maximum Gasteiger partial charge on any atom is 0.401 e. The number of alkyl halides is 3. The van der Waals surface area contributed by atoms with Gasteiger partial charge in [0, 0.05) is 39.1 Å². The van der Waals surface area contributed by atoms with Crippen molar-refractivity contribution in [1.29, 1.82) is 0 Å². The van der Waals surface area contributed by atoms with Crippen molar-refractivity contribution in [3.63, 3.8) is 0 Å². The standard InChI is InChI=1S/C10H17F3N4O2/c11-10(12,13)7-17-5-3-16(4-6-17)2-1-8(18)15-9(14)19/h1-7H2,(H3,14,15,18,19). The highest BCUT2D eigenvalue weighted by Gasteiger charge is 2.32.